The standard InChI is InChI=1S/C5H10O4.CH2O3/c6-3-4(7)1-2-5(8)9;2-1(3)4/h4,6-7H,1-3H2,(H,8,9);(H2,2,3,4). The summed E-state index contributed by atoms with van der Waals surface area (Å²) >= 11 is 0. The van der Waals surface area contributed by atoms with E-state index in [4.69, 9.17) is 30.3 Å². The molecule has 0 amide bonds. The van der Waals surface area contributed by atoms with Crippen molar-refractivity contribution in [1.82, 2.24) is 0 Å². The highest BCUT2D eigenvalue weighted by atomic mass is 16.6. The molecule has 5 N–H and O–H groups in total. The van der Waals surface area contributed by atoms with Crippen molar-refractivity contribution in [3.8, 4) is 0 Å². The number of aliphatic hydroxyl groups is 2. The maximum absolute atomic E-state index is 9.83. The summed E-state index contributed by atoms with van der Waals surface area (Å²) in [7, 11) is 0. The number of rotatable bonds is 4. The molecule has 0 saturated carbocycles. The van der Waals surface area contributed by atoms with E-state index in [1.54, 1.807) is 0 Å². The molecule has 0 rings (SSSR count). The van der Waals surface area contributed by atoms with Crippen LogP contribution in [0.5, 0.6) is 0 Å². The zero-order chi connectivity index (χ0) is 10.9. The minimum absolute atomic E-state index is 0.0955. The van der Waals surface area contributed by atoms with Gasteiger partial charge >= 0.3 is 12.1 Å². The van der Waals surface area contributed by atoms with Crippen LogP contribution in [0.3, 0.4) is 0 Å². The number of hydrogen-bond acceptors (Lipinski definition) is 4. The van der Waals surface area contributed by atoms with Crippen molar-refractivity contribution >= 4 is 12.1 Å². The first-order chi connectivity index (χ1) is 5.90. The number of aliphatic carboxylic acids is 1. The van der Waals surface area contributed by atoms with E-state index in [2.05, 4.69) is 0 Å². The summed E-state index contributed by atoms with van der Waals surface area (Å²) in [5.41, 5.74) is 0. The smallest absolute Gasteiger partial charge is 0.481 e. The summed E-state index contributed by atoms with van der Waals surface area (Å²) in [4.78, 5) is 18.4. The third-order valence-electron chi connectivity index (χ3n) is 0.902. The average Bonchev–Trinajstić information content (AvgIpc) is 1.99. The van der Waals surface area contributed by atoms with Crippen LogP contribution < -0.4 is 0 Å². The van der Waals surface area contributed by atoms with Crippen molar-refractivity contribution in [2.45, 2.75) is 18.9 Å². The lowest BCUT2D eigenvalue weighted by Crippen LogP contribution is -2.13. The summed E-state index contributed by atoms with van der Waals surface area (Å²) < 4.78 is 0. The van der Waals surface area contributed by atoms with Gasteiger partial charge in [-0.3, -0.25) is 4.79 Å². The Morgan fingerprint density at radius 1 is 1.15 bits per heavy atom. The zero-order valence-electron chi connectivity index (χ0n) is 6.75. The van der Waals surface area contributed by atoms with E-state index in [0.717, 1.165) is 0 Å². The van der Waals surface area contributed by atoms with Gasteiger partial charge in [-0.05, 0) is 6.42 Å². The van der Waals surface area contributed by atoms with Gasteiger partial charge in [-0.15, -0.1) is 0 Å². The van der Waals surface area contributed by atoms with Crippen molar-refractivity contribution in [1.29, 1.82) is 0 Å². The van der Waals surface area contributed by atoms with Crippen molar-refractivity contribution in [2.24, 2.45) is 0 Å². The van der Waals surface area contributed by atoms with Crippen LogP contribution >= 0.6 is 0 Å². The van der Waals surface area contributed by atoms with E-state index in [-0.39, 0.29) is 19.4 Å². The predicted octanol–water partition coefficient (Wildman–Crippen LogP) is -0.573. The lowest BCUT2D eigenvalue weighted by Gasteiger charge is -2.01. The van der Waals surface area contributed by atoms with Gasteiger partial charge in [-0.1, -0.05) is 0 Å². The Balaban J connectivity index is 0. The van der Waals surface area contributed by atoms with Gasteiger partial charge in [0.25, 0.3) is 0 Å². The van der Waals surface area contributed by atoms with Crippen LogP contribution in [0.1, 0.15) is 12.8 Å². The van der Waals surface area contributed by atoms with Crippen LogP contribution in [0, 0.1) is 0 Å². The Labute approximate surface area is 73.9 Å². The van der Waals surface area contributed by atoms with Crippen LogP contribution in [0.15, 0.2) is 0 Å². The third kappa shape index (κ3) is 25.0. The lowest BCUT2D eigenvalue weighted by molar-refractivity contribution is -0.137. The van der Waals surface area contributed by atoms with Crippen molar-refractivity contribution in [3.63, 3.8) is 0 Å². The van der Waals surface area contributed by atoms with E-state index >= 15 is 0 Å². The third-order valence-corrected chi connectivity index (χ3v) is 0.902. The van der Waals surface area contributed by atoms with Crippen LogP contribution in [0.25, 0.3) is 0 Å². The minimum atomic E-state index is -1.83. The molecule has 0 aliphatic rings. The molecular weight excluding hydrogens is 184 g/mol. The summed E-state index contributed by atoms with van der Waals surface area (Å²) in [6.45, 7) is -0.368. The molecule has 78 valence electrons. The Morgan fingerprint density at radius 3 is 1.77 bits per heavy atom. The van der Waals surface area contributed by atoms with E-state index in [1.165, 1.54) is 0 Å². The SMILES string of the molecule is O=C(O)CCC(O)CO.O=C(O)O. The Bertz CT molecular complexity index is 151. The largest absolute Gasteiger partial charge is 0.503 e. The highest BCUT2D eigenvalue weighted by Crippen LogP contribution is 1.94. The number of carboxylic acid groups (broad SMARTS) is 3. The molecule has 0 fully saturated rings. The maximum atomic E-state index is 9.83. The van der Waals surface area contributed by atoms with E-state index in [0.29, 0.717) is 0 Å². The summed E-state index contributed by atoms with van der Waals surface area (Å²) in [5.74, 6) is -0.956. The Morgan fingerprint density at radius 2 is 1.54 bits per heavy atom. The fourth-order valence-electron chi connectivity index (χ4n) is 0.381. The quantitative estimate of drug-likeness (QED) is 0.406. The first-order valence-corrected chi connectivity index (χ1v) is 3.32. The second kappa shape index (κ2) is 8.75. The molecule has 0 aromatic heterocycles. The van der Waals surface area contributed by atoms with Gasteiger partial charge in [0.2, 0.25) is 0 Å². The summed E-state index contributed by atoms with van der Waals surface area (Å²) in [5, 5.41) is 38.8. The van der Waals surface area contributed by atoms with Crippen molar-refractivity contribution in [2.75, 3.05) is 6.61 Å². The van der Waals surface area contributed by atoms with Crippen molar-refractivity contribution in [3.05, 3.63) is 0 Å². The molecule has 0 spiro atoms. The van der Waals surface area contributed by atoms with Crippen molar-refractivity contribution < 1.29 is 35.1 Å². The molecule has 0 heterocycles. The first-order valence-electron chi connectivity index (χ1n) is 3.32. The molecule has 1 atom stereocenters. The minimum Gasteiger partial charge on any atom is -0.481 e. The molecule has 0 aromatic rings. The zero-order valence-corrected chi connectivity index (χ0v) is 6.75. The van der Waals surface area contributed by atoms with Gasteiger partial charge in [0, 0.05) is 6.42 Å². The van der Waals surface area contributed by atoms with Crippen LogP contribution in [-0.4, -0.2) is 50.4 Å². The molecule has 0 saturated heterocycles. The molecule has 1 unspecified atom stereocenters. The molecule has 7 nitrogen and oxygen atoms in total. The molecule has 0 aliphatic heterocycles. The Hall–Kier alpha value is -1.34. The van der Waals surface area contributed by atoms with Crippen LogP contribution in [0.4, 0.5) is 4.79 Å². The van der Waals surface area contributed by atoms with Gasteiger partial charge in [0.15, 0.2) is 0 Å². The van der Waals surface area contributed by atoms with E-state index < -0.39 is 18.2 Å². The predicted molar refractivity (Wildman–Crippen MR) is 40.6 cm³/mol. The van der Waals surface area contributed by atoms with Crippen LogP contribution in [0.2, 0.25) is 0 Å². The van der Waals surface area contributed by atoms with Gasteiger partial charge < -0.3 is 25.5 Å². The fourth-order valence-corrected chi connectivity index (χ4v) is 0.381. The maximum Gasteiger partial charge on any atom is 0.503 e. The molecular formula is C6H12O7. The molecule has 13 heavy (non-hydrogen) atoms. The second-order valence-electron chi connectivity index (χ2n) is 2.05. The summed E-state index contributed by atoms with van der Waals surface area (Å²) in [6, 6.07) is 0. The van der Waals surface area contributed by atoms with Gasteiger partial charge in [0.05, 0.1) is 12.7 Å². The highest BCUT2D eigenvalue weighted by molar-refractivity contribution is 5.66. The molecule has 0 aliphatic carbocycles. The van der Waals surface area contributed by atoms with Crippen LogP contribution in [-0.2, 0) is 4.79 Å². The van der Waals surface area contributed by atoms with Gasteiger partial charge in [-0.2, -0.15) is 0 Å². The average molecular weight is 196 g/mol. The Kier molecular flexibility index (Phi) is 9.56. The number of hydrogen-bond donors (Lipinski definition) is 5. The normalized spacial score (nSPS) is 10.9. The van der Waals surface area contributed by atoms with Gasteiger partial charge in [-0.25, -0.2) is 4.79 Å². The van der Waals surface area contributed by atoms with E-state index in [9.17, 15) is 4.79 Å². The number of aliphatic hydroxyl groups excluding tert-OH is 2. The highest BCUT2D eigenvalue weighted by Gasteiger charge is 2.03. The first kappa shape index (κ1) is 14.2. The fraction of sp³-hybridized carbons (Fsp3) is 0.667. The number of carboxylic acids is 1. The lowest BCUT2D eigenvalue weighted by atomic mass is 10.2. The van der Waals surface area contributed by atoms with Gasteiger partial charge in [0.1, 0.15) is 0 Å². The molecule has 7 heteroatoms. The monoisotopic (exact) mass is 196 g/mol. The summed E-state index contributed by atoms with van der Waals surface area (Å²) in [6.07, 6.45) is -2.70. The number of carbonyl (C=O) groups is 2. The second-order valence-corrected chi connectivity index (χ2v) is 2.05. The van der Waals surface area contributed by atoms with E-state index in [1.807, 2.05) is 0 Å². The molecule has 0 aromatic carbocycles. The topological polar surface area (TPSA) is 135 Å². The molecule has 0 radical (unpaired) electrons. The molecule has 0 bridgehead atoms.